The molecule has 0 spiro atoms. The lowest BCUT2D eigenvalue weighted by Gasteiger charge is -2.33. The van der Waals surface area contributed by atoms with Crippen molar-refractivity contribution in [3.05, 3.63) is 51.1 Å². The van der Waals surface area contributed by atoms with E-state index in [4.69, 9.17) is 74.3 Å². The molecule has 0 unspecified atom stereocenters. The van der Waals surface area contributed by atoms with Gasteiger partial charge in [0.1, 0.15) is 26.1 Å². The number of nitrogens with one attached hydrogen (secondary N) is 1. The van der Waals surface area contributed by atoms with Gasteiger partial charge in [-0.3, -0.25) is 9.59 Å². The summed E-state index contributed by atoms with van der Waals surface area (Å²) in [6.07, 6.45) is 0. The molecule has 4 atom stereocenters. The predicted molar refractivity (Wildman–Crippen MR) is 135 cm³/mol. The van der Waals surface area contributed by atoms with Crippen LogP contribution in [0.15, 0.2) is 39.7 Å². The molecule has 1 aromatic carbocycles. The van der Waals surface area contributed by atoms with Crippen molar-refractivity contribution in [1.82, 2.24) is 0 Å². The Morgan fingerprint density at radius 1 is 1.03 bits per heavy atom. The minimum atomic E-state index is -2.28. The molecule has 0 saturated heterocycles. The molecule has 4 rings (SSSR count). The minimum Gasteiger partial charge on any atom is -0.481 e. The molecule has 0 aliphatic heterocycles. The summed E-state index contributed by atoms with van der Waals surface area (Å²) in [5, 5.41) is 13.3. The molecule has 6 nitrogen and oxygen atoms in total. The van der Waals surface area contributed by atoms with Gasteiger partial charge < -0.3 is 15.2 Å². The SMILES string of the molecule is COC(=O)c1c(-c2ccc(F)cc2)csc1NC(=O)[C@H]1[C@@H](C(=O)O)[C@]2(Cl)C(Cl)=C(Cl)[C@]1(Cl)C2(Cl)Cl. The van der Waals surface area contributed by atoms with Crippen molar-refractivity contribution in [2.45, 2.75) is 14.1 Å². The van der Waals surface area contributed by atoms with Crippen LogP contribution in [0.5, 0.6) is 0 Å². The number of carboxylic acid groups (broad SMARTS) is 1. The summed E-state index contributed by atoms with van der Waals surface area (Å²) < 4.78 is 16.0. The molecule has 1 amide bonds. The van der Waals surface area contributed by atoms with E-state index in [0.717, 1.165) is 18.4 Å². The maximum atomic E-state index is 13.5. The molecule has 2 aliphatic carbocycles. The second kappa shape index (κ2) is 8.94. The molecule has 2 bridgehead atoms. The summed E-state index contributed by atoms with van der Waals surface area (Å²) in [6, 6.07) is 5.29. The third-order valence-corrected chi connectivity index (χ3v) is 11.2. The molecule has 2 aromatic rings. The van der Waals surface area contributed by atoms with Crippen molar-refractivity contribution in [2.75, 3.05) is 12.4 Å². The zero-order valence-electron chi connectivity index (χ0n) is 17.2. The molecule has 1 aromatic heterocycles. The summed E-state index contributed by atoms with van der Waals surface area (Å²) >= 11 is 39.5. The molecule has 1 saturated carbocycles. The molecule has 14 heteroatoms. The second-order valence-corrected chi connectivity index (χ2v) is 11.9. The Hall–Kier alpha value is -1.26. The number of carboxylic acids is 1. The number of allylic oxidation sites excluding steroid dienone is 2. The van der Waals surface area contributed by atoms with E-state index in [1.54, 1.807) is 5.38 Å². The fourth-order valence-corrected chi connectivity index (χ4v) is 8.31. The van der Waals surface area contributed by atoms with Gasteiger partial charge in [-0.15, -0.1) is 34.5 Å². The van der Waals surface area contributed by atoms with Crippen LogP contribution in [0.25, 0.3) is 11.1 Å². The van der Waals surface area contributed by atoms with Gasteiger partial charge in [0.05, 0.1) is 29.0 Å². The molecule has 2 N–H and O–H groups in total. The summed E-state index contributed by atoms with van der Waals surface area (Å²) in [4.78, 5) is 33.9. The molecular formula is C21H12Cl6FNO5S. The maximum absolute atomic E-state index is 13.5. The highest BCUT2D eigenvalue weighted by Crippen LogP contribution is 2.76. The zero-order valence-corrected chi connectivity index (χ0v) is 22.5. The standard InChI is InChI=1S/C21H12Cl6FNO5S/c1-34-18(33)10-9(7-2-4-8(28)5-3-7)6-35-16(10)29-15(30)11-12(17(31)32)20(25)14(23)13(22)19(11,24)21(20,26)27/h2-6,11-12H,1H3,(H,29,30)(H,31,32)/t11-,12+,19+,20+/m1/s1. The first kappa shape index (κ1) is 26.8. The van der Waals surface area contributed by atoms with Crippen LogP contribution < -0.4 is 5.32 Å². The van der Waals surface area contributed by atoms with Gasteiger partial charge in [0.2, 0.25) is 5.91 Å². The monoisotopic (exact) mass is 619 g/mol. The van der Waals surface area contributed by atoms with Gasteiger partial charge in [-0.1, -0.05) is 58.5 Å². The van der Waals surface area contributed by atoms with Gasteiger partial charge in [-0.05, 0) is 17.7 Å². The van der Waals surface area contributed by atoms with E-state index in [-0.39, 0.29) is 20.6 Å². The van der Waals surface area contributed by atoms with Crippen molar-refractivity contribution in [3.63, 3.8) is 0 Å². The van der Waals surface area contributed by atoms with Crippen molar-refractivity contribution < 1.29 is 28.6 Å². The second-order valence-electron chi connectivity index (χ2n) is 7.76. The molecule has 1 heterocycles. The smallest absolute Gasteiger partial charge is 0.341 e. The normalized spacial score (nSPS) is 28.8. The van der Waals surface area contributed by atoms with Crippen LogP contribution in [0.3, 0.4) is 0 Å². The van der Waals surface area contributed by atoms with Gasteiger partial charge in [0.15, 0.2) is 4.33 Å². The van der Waals surface area contributed by atoms with Crippen molar-refractivity contribution >= 4 is 104 Å². The minimum absolute atomic E-state index is 0.0120. The van der Waals surface area contributed by atoms with Gasteiger partial charge in [-0.25, -0.2) is 9.18 Å². The number of anilines is 1. The third-order valence-electron chi connectivity index (χ3n) is 6.06. The third kappa shape index (κ3) is 3.52. The van der Waals surface area contributed by atoms with Crippen molar-refractivity contribution in [3.8, 4) is 11.1 Å². The van der Waals surface area contributed by atoms with E-state index in [0.29, 0.717) is 11.1 Å². The number of thiophene rings is 1. The van der Waals surface area contributed by atoms with E-state index >= 15 is 0 Å². The number of alkyl halides is 4. The number of carbonyl (C=O) groups is 3. The number of benzene rings is 1. The van der Waals surface area contributed by atoms with Crippen LogP contribution in [-0.4, -0.2) is 44.1 Å². The number of ether oxygens (including phenoxy) is 1. The van der Waals surface area contributed by atoms with Crippen molar-refractivity contribution in [1.29, 1.82) is 0 Å². The zero-order chi connectivity index (χ0) is 26.1. The summed E-state index contributed by atoms with van der Waals surface area (Å²) in [6.45, 7) is 0. The quantitative estimate of drug-likeness (QED) is 0.296. The number of esters is 1. The highest BCUT2D eigenvalue weighted by atomic mass is 35.5. The van der Waals surface area contributed by atoms with Gasteiger partial charge >= 0.3 is 11.9 Å². The van der Waals surface area contributed by atoms with E-state index in [1.165, 1.54) is 24.3 Å². The largest absolute Gasteiger partial charge is 0.481 e. The lowest BCUT2D eigenvalue weighted by atomic mass is 9.81. The van der Waals surface area contributed by atoms with E-state index < -0.39 is 49.6 Å². The first-order chi connectivity index (χ1) is 16.2. The number of rotatable bonds is 5. The lowest BCUT2D eigenvalue weighted by Crippen LogP contribution is -2.47. The fourth-order valence-electron chi connectivity index (χ4n) is 4.41. The number of halogens is 7. The first-order valence-corrected chi connectivity index (χ1v) is 12.7. The van der Waals surface area contributed by atoms with Crippen LogP contribution >= 0.6 is 80.9 Å². The fraction of sp³-hybridized carbons (Fsp3) is 0.286. The average molecular weight is 622 g/mol. The number of methoxy groups -OCH3 is 1. The van der Waals surface area contributed by atoms with Crippen LogP contribution in [0, 0.1) is 17.7 Å². The Bertz CT molecular complexity index is 1300. The Kier molecular flexibility index (Phi) is 6.84. The number of hydrogen-bond acceptors (Lipinski definition) is 5. The van der Waals surface area contributed by atoms with Gasteiger partial charge in [0, 0.05) is 10.9 Å². The van der Waals surface area contributed by atoms with Crippen LogP contribution in [0.1, 0.15) is 10.4 Å². The average Bonchev–Trinajstić information content (AvgIpc) is 3.30. The van der Waals surface area contributed by atoms with Crippen molar-refractivity contribution in [2.24, 2.45) is 11.8 Å². The predicted octanol–water partition coefficient (Wildman–Crippen LogP) is 6.44. The summed E-state index contributed by atoms with van der Waals surface area (Å²) in [5.41, 5.74) is 0.775. The number of aliphatic carboxylic acids is 1. The maximum Gasteiger partial charge on any atom is 0.341 e. The Balaban J connectivity index is 1.80. The Morgan fingerprint density at radius 3 is 2.09 bits per heavy atom. The number of carbonyl (C=O) groups excluding carboxylic acids is 2. The van der Waals surface area contributed by atoms with E-state index in [9.17, 15) is 23.9 Å². The molecule has 186 valence electrons. The first-order valence-electron chi connectivity index (χ1n) is 9.56. The van der Waals surface area contributed by atoms with Gasteiger partial charge in [0.25, 0.3) is 0 Å². The number of amides is 1. The van der Waals surface area contributed by atoms with Crippen LogP contribution in [0.4, 0.5) is 9.39 Å². The number of fused-ring (bicyclic) bond motifs is 2. The Morgan fingerprint density at radius 2 is 1.57 bits per heavy atom. The Labute approximate surface area is 231 Å². The van der Waals surface area contributed by atoms with E-state index in [1.807, 2.05) is 0 Å². The van der Waals surface area contributed by atoms with Gasteiger partial charge in [-0.2, -0.15) is 0 Å². The highest BCUT2D eigenvalue weighted by Gasteiger charge is 2.85. The molecule has 0 radical (unpaired) electrons. The van der Waals surface area contributed by atoms with Crippen LogP contribution in [0.2, 0.25) is 0 Å². The summed E-state index contributed by atoms with van der Waals surface area (Å²) in [7, 11) is 1.14. The van der Waals surface area contributed by atoms with Crippen LogP contribution in [-0.2, 0) is 14.3 Å². The molecular weight excluding hydrogens is 610 g/mol. The molecule has 2 aliphatic rings. The lowest BCUT2D eigenvalue weighted by molar-refractivity contribution is -0.146. The molecule has 35 heavy (non-hydrogen) atoms. The molecule has 1 fully saturated rings. The van der Waals surface area contributed by atoms with E-state index in [2.05, 4.69) is 5.32 Å². The summed E-state index contributed by atoms with van der Waals surface area (Å²) in [5.74, 6) is -7.26. The highest BCUT2D eigenvalue weighted by molar-refractivity contribution is 7.15. The number of hydrogen-bond donors (Lipinski definition) is 2. The topological polar surface area (TPSA) is 92.7 Å².